The van der Waals surface area contributed by atoms with Crippen LogP contribution in [-0.2, 0) is 42.9 Å². The third-order valence-corrected chi connectivity index (χ3v) is 4.52. The van der Waals surface area contributed by atoms with Crippen LogP contribution >= 0.6 is 0 Å². The summed E-state index contributed by atoms with van der Waals surface area (Å²) in [5, 5.41) is 0. The Hall–Kier alpha value is -3.81. The molecule has 0 bridgehead atoms. The molecule has 0 spiro atoms. The number of nitrogen functional groups attached to an aromatic ring is 1. The number of hydrogen-bond donors (Lipinski definition) is 1. The Morgan fingerprint density at radius 3 is 2.28 bits per heavy atom. The Bertz CT molecular complexity index is 1050. The van der Waals surface area contributed by atoms with Crippen LogP contribution in [0.5, 0.6) is 0 Å². The van der Waals surface area contributed by atoms with E-state index < -0.39 is 54.5 Å². The van der Waals surface area contributed by atoms with E-state index in [1.165, 1.54) is 17.2 Å². The first-order chi connectivity index (χ1) is 15.1. The van der Waals surface area contributed by atoms with E-state index in [-0.39, 0.29) is 17.0 Å². The molecule has 5 atom stereocenters. The van der Waals surface area contributed by atoms with Crippen LogP contribution in [0.15, 0.2) is 12.7 Å². The molecule has 2 aromatic heterocycles. The van der Waals surface area contributed by atoms with E-state index in [9.17, 15) is 19.2 Å². The van der Waals surface area contributed by atoms with Crippen LogP contribution in [0, 0.1) is 0 Å². The number of imidazole rings is 1. The fourth-order valence-electron chi connectivity index (χ4n) is 3.38. The normalized spacial score (nSPS) is 23.4. The van der Waals surface area contributed by atoms with Crippen molar-refractivity contribution >= 4 is 40.9 Å². The fourth-order valence-corrected chi connectivity index (χ4v) is 3.38. The molecule has 172 valence electrons. The zero-order valence-electron chi connectivity index (χ0n) is 17.6. The Kier molecular flexibility index (Phi) is 6.53. The molecule has 0 radical (unpaired) electrons. The van der Waals surface area contributed by atoms with Gasteiger partial charge < -0.3 is 29.4 Å². The molecule has 1 saturated heterocycles. The van der Waals surface area contributed by atoms with Crippen molar-refractivity contribution in [1.29, 1.82) is 0 Å². The number of aromatic nitrogens is 4. The van der Waals surface area contributed by atoms with E-state index in [2.05, 4.69) is 15.0 Å². The van der Waals surface area contributed by atoms with Crippen molar-refractivity contribution in [3.05, 3.63) is 12.7 Å². The average Bonchev–Trinajstić information content (AvgIpc) is 3.28. The number of carbonyl (C=O) groups is 4. The third-order valence-electron chi connectivity index (χ3n) is 4.52. The summed E-state index contributed by atoms with van der Waals surface area (Å²) in [5.41, 5.74) is 6.29. The van der Waals surface area contributed by atoms with Gasteiger partial charge in [0.15, 0.2) is 29.9 Å². The van der Waals surface area contributed by atoms with Gasteiger partial charge in [-0.25, -0.2) is 19.7 Å². The number of carbonyl (C=O) groups excluding carboxylic acids is 4. The number of nitrogens with two attached hydrogens (primary N) is 1. The Balaban J connectivity index is 2.12. The van der Waals surface area contributed by atoms with E-state index in [4.69, 9.17) is 29.4 Å². The molecule has 1 aliphatic heterocycles. The molecule has 0 saturated carbocycles. The number of anilines is 1. The molecule has 2 aromatic rings. The van der Waals surface area contributed by atoms with Gasteiger partial charge in [0.05, 0.1) is 13.4 Å². The van der Waals surface area contributed by atoms with Crippen molar-refractivity contribution in [2.75, 3.05) is 12.8 Å². The van der Waals surface area contributed by atoms with Crippen LogP contribution in [0.2, 0.25) is 0 Å². The first kappa shape index (κ1) is 22.9. The number of methoxy groups -OCH3 is 1. The van der Waals surface area contributed by atoms with Crippen LogP contribution in [-0.4, -0.2) is 74.9 Å². The highest BCUT2D eigenvalue weighted by Gasteiger charge is 2.56. The van der Waals surface area contributed by atoms with Gasteiger partial charge >= 0.3 is 23.9 Å². The van der Waals surface area contributed by atoms with E-state index in [1.54, 1.807) is 0 Å². The predicted molar refractivity (Wildman–Crippen MR) is 102 cm³/mol. The van der Waals surface area contributed by atoms with E-state index >= 15 is 0 Å². The van der Waals surface area contributed by atoms with Crippen LogP contribution in [0.25, 0.3) is 11.2 Å². The maximum absolute atomic E-state index is 12.4. The zero-order chi connectivity index (χ0) is 23.6. The molecule has 32 heavy (non-hydrogen) atoms. The molecule has 0 amide bonds. The van der Waals surface area contributed by atoms with Crippen molar-refractivity contribution < 1.29 is 42.9 Å². The second-order valence-corrected chi connectivity index (χ2v) is 6.78. The summed E-state index contributed by atoms with van der Waals surface area (Å²) in [6, 6.07) is 0. The van der Waals surface area contributed by atoms with Gasteiger partial charge in [0, 0.05) is 20.8 Å². The van der Waals surface area contributed by atoms with Crippen LogP contribution in [0.4, 0.5) is 5.82 Å². The Labute approximate surface area is 180 Å². The van der Waals surface area contributed by atoms with Crippen molar-refractivity contribution in [2.45, 2.75) is 51.4 Å². The number of hydrogen-bond acceptors (Lipinski definition) is 13. The number of fused-ring (bicyclic) bond motifs is 1. The van der Waals surface area contributed by atoms with Gasteiger partial charge in [-0.2, -0.15) is 0 Å². The topological polar surface area (TPSA) is 184 Å². The third kappa shape index (κ3) is 4.44. The molecular weight excluding hydrogens is 430 g/mol. The lowest BCUT2D eigenvalue weighted by Crippen LogP contribution is -2.48. The molecule has 0 aliphatic carbocycles. The van der Waals surface area contributed by atoms with Crippen molar-refractivity contribution in [1.82, 2.24) is 19.5 Å². The second-order valence-electron chi connectivity index (χ2n) is 6.78. The summed E-state index contributed by atoms with van der Waals surface area (Å²) >= 11 is 0. The summed E-state index contributed by atoms with van der Waals surface area (Å²) in [7, 11) is 1.08. The van der Waals surface area contributed by atoms with E-state index in [0.29, 0.717) is 0 Å². The fraction of sp³-hybridized carbons (Fsp3) is 0.500. The number of ether oxygens (including phenoxy) is 5. The van der Waals surface area contributed by atoms with E-state index in [1.807, 2.05) is 0 Å². The highest BCUT2D eigenvalue weighted by Crippen LogP contribution is 2.38. The first-order valence-corrected chi connectivity index (χ1v) is 9.32. The van der Waals surface area contributed by atoms with Crippen LogP contribution in [0.3, 0.4) is 0 Å². The molecule has 14 heteroatoms. The lowest BCUT2D eigenvalue weighted by atomic mass is 10.0. The minimum absolute atomic E-state index is 0.0937. The van der Waals surface area contributed by atoms with Crippen molar-refractivity contribution in [3.8, 4) is 0 Å². The minimum Gasteiger partial charge on any atom is -0.466 e. The van der Waals surface area contributed by atoms with Crippen LogP contribution in [0.1, 0.15) is 27.0 Å². The molecule has 3 rings (SSSR count). The average molecular weight is 451 g/mol. The van der Waals surface area contributed by atoms with Crippen molar-refractivity contribution in [3.63, 3.8) is 0 Å². The molecular formula is C18H21N5O9. The summed E-state index contributed by atoms with van der Waals surface area (Å²) in [6.07, 6.45) is -4.30. The highest BCUT2D eigenvalue weighted by atomic mass is 16.7. The van der Waals surface area contributed by atoms with Gasteiger partial charge in [-0.1, -0.05) is 0 Å². The van der Waals surface area contributed by atoms with E-state index in [0.717, 1.165) is 27.9 Å². The maximum Gasteiger partial charge on any atom is 0.350 e. The Morgan fingerprint density at radius 2 is 1.69 bits per heavy atom. The van der Waals surface area contributed by atoms with Gasteiger partial charge in [-0.05, 0) is 0 Å². The largest absolute Gasteiger partial charge is 0.466 e. The maximum atomic E-state index is 12.4. The number of nitrogens with zero attached hydrogens (tertiary/aromatic N) is 4. The molecule has 1 fully saturated rings. The molecule has 0 unspecified atom stereocenters. The summed E-state index contributed by atoms with van der Waals surface area (Å²) in [5.74, 6) is -3.16. The van der Waals surface area contributed by atoms with Gasteiger partial charge in [0.1, 0.15) is 17.9 Å². The standard InChI is InChI=1S/C18H21N5O9/c1-7(24)29-11-12(14(18(27)28-4)31-9(3)26)32-17(13(11)30-8(2)25)23-6-22-10-15(19)20-5-21-16(10)23/h5-6,11-14,17H,1-4H3,(H2,19,20,21)/t11-,12-,13-,14-,17+/m0/s1. The second kappa shape index (κ2) is 9.13. The lowest BCUT2D eigenvalue weighted by Gasteiger charge is -2.26. The molecule has 0 aromatic carbocycles. The van der Waals surface area contributed by atoms with Gasteiger partial charge in [-0.15, -0.1) is 0 Å². The summed E-state index contributed by atoms with van der Waals surface area (Å²) in [4.78, 5) is 59.7. The first-order valence-electron chi connectivity index (χ1n) is 9.32. The smallest absolute Gasteiger partial charge is 0.350 e. The number of esters is 4. The summed E-state index contributed by atoms with van der Waals surface area (Å²) < 4.78 is 27.8. The minimum atomic E-state index is -1.63. The molecule has 2 N–H and O–H groups in total. The zero-order valence-corrected chi connectivity index (χ0v) is 17.6. The van der Waals surface area contributed by atoms with Gasteiger partial charge in [-0.3, -0.25) is 19.0 Å². The number of rotatable bonds is 6. The van der Waals surface area contributed by atoms with Gasteiger partial charge in [0.2, 0.25) is 6.10 Å². The Morgan fingerprint density at radius 1 is 1.03 bits per heavy atom. The molecule has 14 nitrogen and oxygen atoms in total. The van der Waals surface area contributed by atoms with Crippen molar-refractivity contribution in [2.24, 2.45) is 0 Å². The predicted octanol–water partition coefficient (Wildman–Crippen LogP) is -0.726. The highest BCUT2D eigenvalue weighted by molar-refractivity contribution is 5.81. The quantitative estimate of drug-likeness (QED) is 0.429. The SMILES string of the molecule is COC(=O)[C@@H](OC(C)=O)[C@H]1O[C@@H](n2cnc3c(N)ncnc32)[C@@H](OC(C)=O)[C@H]1OC(C)=O. The van der Waals surface area contributed by atoms with Gasteiger partial charge in [0.25, 0.3) is 0 Å². The lowest BCUT2D eigenvalue weighted by molar-refractivity contribution is -0.183. The molecule has 1 aliphatic rings. The monoisotopic (exact) mass is 451 g/mol. The summed E-state index contributed by atoms with van der Waals surface area (Å²) in [6.45, 7) is 3.34. The molecule has 3 heterocycles. The van der Waals surface area contributed by atoms with Crippen LogP contribution < -0.4 is 5.73 Å².